The first kappa shape index (κ1) is 11.2. The summed E-state index contributed by atoms with van der Waals surface area (Å²) in [5.74, 6) is -1.69. The lowest BCUT2D eigenvalue weighted by Gasteiger charge is -2.08. The van der Waals surface area contributed by atoms with Crippen molar-refractivity contribution in [3.8, 4) is 0 Å². The van der Waals surface area contributed by atoms with Gasteiger partial charge in [0.15, 0.2) is 0 Å². The molecule has 0 fully saturated rings. The van der Waals surface area contributed by atoms with E-state index in [4.69, 9.17) is 5.11 Å². The molecule has 80 valence electrons. The van der Waals surface area contributed by atoms with Crippen LogP contribution in [-0.4, -0.2) is 23.1 Å². The fourth-order valence-corrected chi connectivity index (χ4v) is 0.825. The number of carbonyl (C=O) groups is 2. The van der Waals surface area contributed by atoms with Gasteiger partial charge in [-0.25, -0.2) is 4.79 Å². The van der Waals surface area contributed by atoms with Crippen molar-refractivity contribution in [2.24, 2.45) is 0 Å². The normalized spacial score (nSPS) is 11.8. The number of hydroxylamine groups is 1. The molecule has 0 aliphatic carbocycles. The van der Waals surface area contributed by atoms with Crippen molar-refractivity contribution in [3.63, 3.8) is 0 Å². The van der Waals surface area contributed by atoms with E-state index >= 15 is 0 Å². The summed E-state index contributed by atoms with van der Waals surface area (Å²) >= 11 is 0. The van der Waals surface area contributed by atoms with Gasteiger partial charge in [0.1, 0.15) is 6.04 Å². The first-order chi connectivity index (χ1) is 7.11. The highest BCUT2D eigenvalue weighted by atomic mass is 16.7. The highest BCUT2D eigenvalue weighted by molar-refractivity contribution is 5.89. The largest absolute Gasteiger partial charge is 0.480 e. The number of hydrogen-bond acceptors (Lipinski definition) is 4. The number of hydrogen-bond donors (Lipinski definition) is 2. The Balaban J connectivity index is 2.47. The molecule has 15 heavy (non-hydrogen) atoms. The second-order valence-corrected chi connectivity index (χ2v) is 2.93. The molecule has 1 atom stereocenters. The Morgan fingerprint density at radius 3 is 2.47 bits per heavy atom. The molecule has 0 spiro atoms. The predicted octanol–water partition coefficient (Wildman–Crippen LogP) is 0.821. The third kappa shape index (κ3) is 3.40. The lowest BCUT2D eigenvalue weighted by atomic mass is 10.2. The van der Waals surface area contributed by atoms with E-state index in [1.54, 1.807) is 30.3 Å². The standard InChI is InChI=1S/C10H11NO4/c1-7(9(12)13)11-15-10(14)8-5-3-2-4-6-8/h2-7,11H,1H3,(H,12,13)/t7-/m0/s1. The number of carbonyl (C=O) groups excluding carboxylic acids is 1. The van der Waals surface area contributed by atoms with Crippen LogP contribution >= 0.6 is 0 Å². The van der Waals surface area contributed by atoms with E-state index in [1.807, 2.05) is 0 Å². The van der Waals surface area contributed by atoms with Crippen LogP contribution in [-0.2, 0) is 9.63 Å². The highest BCUT2D eigenvalue weighted by Gasteiger charge is 2.13. The molecule has 1 aromatic rings. The van der Waals surface area contributed by atoms with Crippen LogP contribution in [0.1, 0.15) is 17.3 Å². The van der Waals surface area contributed by atoms with Crippen molar-refractivity contribution >= 4 is 11.9 Å². The highest BCUT2D eigenvalue weighted by Crippen LogP contribution is 1.99. The van der Waals surface area contributed by atoms with Crippen LogP contribution in [0.5, 0.6) is 0 Å². The molecule has 0 unspecified atom stereocenters. The van der Waals surface area contributed by atoms with Crippen LogP contribution in [0.25, 0.3) is 0 Å². The summed E-state index contributed by atoms with van der Waals surface area (Å²) in [6, 6.07) is 7.38. The summed E-state index contributed by atoms with van der Waals surface area (Å²) in [6.45, 7) is 1.38. The van der Waals surface area contributed by atoms with Gasteiger partial charge in [0.05, 0.1) is 5.56 Å². The fourth-order valence-electron chi connectivity index (χ4n) is 0.825. The summed E-state index contributed by atoms with van der Waals surface area (Å²) in [5, 5.41) is 8.51. The number of rotatable bonds is 4. The van der Waals surface area contributed by atoms with Crippen molar-refractivity contribution in [1.29, 1.82) is 0 Å². The van der Waals surface area contributed by atoms with Crippen LogP contribution < -0.4 is 5.48 Å². The third-order valence-corrected chi connectivity index (χ3v) is 1.71. The first-order valence-corrected chi connectivity index (χ1v) is 4.36. The van der Waals surface area contributed by atoms with E-state index in [2.05, 4.69) is 10.3 Å². The maximum absolute atomic E-state index is 11.3. The number of carboxylic acid groups (broad SMARTS) is 1. The monoisotopic (exact) mass is 209 g/mol. The molecule has 5 nitrogen and oxygen atoms in total. The zero-order valence-electron chi connectivity index (χ0n) is 8.14. The van der Waals surface area contributed by atoms with Crippen molar-refractivity contribution in [2.45, 2.75) is 13.0 Å². The minimum atomic E-state index is -1.09. The Hall–Kier alpha value is -1.88. The third-order valence-electron chi connectivity index (χ3n) is 1.71. The Bertz CT molecular complexity index is 350. The summed E-state index contributed by atoms with van der Waals surface area (Å²) in [6.07, 6.45) is 0. The molecule has 0 bridgehead atoms. The average Bonchev–Trinajstić information content (AvgIpc) is 2.26. The number of nitrogens with one attached hydrogen (secondary N) is 1. The maximum Gasteiger partial charge on any atom is 0.356 e. The predicted molar refractivity (Wildman–Crippen MR) is 52.1 cm³/mol. The van der Waals surface area contributed by atoms with E-state index in [9.17, 15) is 9.59 Å². The molecule has 0 heterocycles. The summed E-state index contributed by atoms with van der Waals surface area (Å²) in [7, 11) is 0. The van der Waals surface area contributed by atoms with Crippen LogP contribution in [0, 0.1) is 0 Å². The van der Waals surface area contributed by atoms with E-state index in [1.165, 1.54) is 6.92 Å². The lowest BCUT2D eigenvalue weighted by molar-refractivity contribution is -0.141. The number of carboxylic acids is 1. The summed E-state index contributed by atoms with van der Waals surface area (Å²) in [5.41, 5.74) is 2.49. The number of benzene rings is 1. The molecule has 0 aliphatic heterocycles. The van der Waals surface area contributed by atoms with Crippen molar-refractivity contribution in [2.75, 3.05) is 0 Å². The molecular formula is C10H11NO4. The van der Waals surface area contributed by atoms with Crippen molar-refractivity contribution in [3.05, 3.63) is 35.9 Å². The van der Waals surface area contributed by atoms with Crippen LogP contribution in [0.15, 0.2) is 30.3 Å². The quantitative estimate of drug-likeness (QED) is 0.718. The second kappa shape index (κ2) is 5.11. The van der Waals surface area contributed by atoms with Gasteiger partial charge in [-0.1, -0.05) is 18.2 Å². The van der Waals surface area contributed by atoms with Crippen molar-refractivity contribution < 1.29 is 19.5 Å². The Morgan fingerprint density at radius 1 is 1.33 bits per heavy atom. The molecule has 0 aromatic heterocycles. The Morgan fingerprint density at radius 2 is 1.93 bits per heavy atom. The van der Waals surface area contributed by atoms with Gasteiger partial charge < -0.3 is 9.94 Å². The zero-order chi connectivity index (χ0) is 11.3. The van der Waals surface area contributed by atoms with E-state index in [-0.39, 0.29) is 0 Å². The Labute approximate surface area is 86.6 Å². The molecule has 0 radical (unpaired) electrons. The maximum atomic E-state index is 11.3. The molecule has 2 N–H and O–H groups in total. The van der Waals surface area contributed by atoms with Gasteiger partial charge in [-0.05, 0) is 19.1 Å². The van der Waals surface area contributed by atoms with Gasteiger partial charge in [0.25, 0.3) is 0 Å². The van der Waals surface area contributed by atoms with E-state index < -0.39 is 18.0 Å². The zero-order valence-corrected chi connectivity index (χ0v) is 8.14. The lowest BCUT2D eigenvalue weighted by Crippen LogP contribution is -2.35. The van der Waals surface area contributed by atoms with Crippen LogP contribution in [0.3, 0.4) is 0 Å². The van der Waals surface area contributed by atoms with Crippen LogP contribution in [0.4, 0.5) is 0 Å². The SMILES string of the molecule is C[C@H](NOC(=O)c1ccccc1)C(=O)O. The first-order valence-electron chi connectivity index (χ1n) is 4.36. The molecule has 0 saturated heterocycles. The van der Waals surface area contributed by atoms with Crippen molar-refractivity contribution in [1.82, 2.24) is 5.48 Å². The molecule has 5 heteroatoms. The van der Waals surface area contributed by atoms with Gasteiger partial charge >= 0.3 is 11.9 Å². The van der Waals surface area contributed by atoms with Gasteiger partial charge in [-0.2, -0.15) is 0 Å². The Kier molecular flexibility index (Phi) is 3.82. The number of aliphatic carboxylic acids is 1. The average molecular weight is 209 g/mol. The molecule has 0 saturated carbocycles. The topological polar surface area (TPSA) is 75.6 Å². The molecule has 1 aromatic carbocycles. The van der Waals surface area contributed by atoms with Crippen LogP contribution in [0.2, 0.25) is 0 Å². The van der Waals surface area contributed by atoms with Gasteiger partial charge in [-0.15, -0.1) is 5.48 Å². The summed E-state index contributed by atoms with van der Waals surface area (Å²) < 4.78 is 0. The minimum Gasteiger partial charge on any atom is -0.480 e. The minimum absolute atomic E-state index is 0.364. The molecule has 1 rings (SSSR count). The second-order valence-electron chi connectivity index (χ2n) is 2.93. The smallest absolute Gasteiger partial charge is 0.356 e. The fraction of sp³-hybridized carbons (Fsp3) is 0.200. The van der Waals surface area contributed by atoms with Gasteiger partial charge in [-0.3, -0.25) is 4.79 Å². The van der Waals surface area contributed by atoms with Gasteiger partial charge in [0, 0.05) is 0 Å². The van der Waals surface area contributed by atoms with E-state index in [0.29, 0.717) is 5.56 Å². The van der Waals surface area contributed by atoms with E-state index in [0.717, 1.165) is 0 Å². The van der Waals surface area contributed by atoms with Gasteiger partial charge in [0.2, 0.25) is 0 Å². The summed E-state index contributed by atoms with van der Waals surface area (Å²) in [4.78, 5) is 26.3. The molecule has 0 aliphatic rings. The molecular weight excluding hydrogens is 198 g/mol. The molecule has 0 amide bonds.